The van der Waals surface area contributed by atoms with E-state index in [0.29, 0.717) is 24.8 Å². The van der Waals surface area contributed by atoms with Gasteiger partial charge in [0.05, 0.1) is 0 Å². The van der Waals surface area contributed by atoms with E-state index in [9.17, 15) is 4.79 Å². The Morgan fingerprint density at radius 3 is 2.85 bits per heavy atom. The van der Waals surface area contributed by atoms with E-state index in [-0.39, 0.29) is 30.3 Å². The molecule has 1 aromatic heterocycles. The molecule has 0 spiro atoms. The minimum atomic E-state index is -0.229. The summed E-state index contributed by atoms with van der Waals surface area (Å²) in [6.07, 6.45) is 3.85. The number of likely N-dealkylation sites (N-methyl/N-ethyl adjacent to an activating group) is 1. The van der Waals surface area contributed by atoms with Gasteiger partial charge in [-0.3, -0.25) is 10.1 Å². The van der Waals surface area contributed by atoms with Crippen molar-refractivity contribution < 1.29 is 9.32 Å². The summed E-state index contributed by atoms with van der Waals surface area (Å²) in [5, 5.41) is 7.02. The highest BCUT2D eigenvalue weighted by molar-refractivity contribution is 5.85. The molecule has 0 aromatic carbocycles. The van der Waals surface area contributed by atoms with E-state index in [0.717, 1.165) is 6.54 Å². The third kappa shape index (κ3) is 3.80. The predicted molar refractivity (Wildman–Crippen MR) is 77.7 cm³/mol. The number of amides is 1. The summed E-state index contributed by atoms with van der Waals surface area (Å²) in [4.78, 5) is 18.3. The third-order valence-electron chi connectivity index (χ3n) is 3.07. The van der Waals surface area contributed by atoms with Crippen LogP contribution in [0.4, 0.5) is 0 Å². The minimum Gasteiger partial charge on any atom is -0.337 e. The van der Waals surface area contributed by atoms with Gasteiger partial charge in [-0.1, -0.05) is 31.2 Å². The standard InChI is InChI=1S/C13H20N4O2.ClH/c1-4-17(13(18)10-6-5-7-14-10)8-11-15-12(9(2)3)16-19-11;/h5-6,9-10,14H,4,7-8H2,1-3H3;1H. The molecule has 1 atom stereocenters. The van der Waals surface area contributed by atoms with Crippen LogP contribution in [0.15, 0.2) is 16.7 Å². The molecule has 112 valence electrons. The maximum atomic E-state index is 12.2. The first kappa shape index (κ1) is 16.7. The van der Waals surface area contributed by atoms with Crippen LogP contribution >= 0.6 is 12.4 Å². The van der Waals surface area contributed by atoms with Gasteiger partial charge in [0, 0.05) is 19.0 Å². The normalized spacial score (nSPS) is 17.3. The molecule has 1 aliphatic heterocycles. The summed E-state index contributed by atoms with van der Waals surface area (Å²) in [7, 11) is 0. The molecule has 20 heavy (non-hydrogen) atoms. The SMILES string of the molecule is CCN(Cc1nc(C(C)C)no1)C(=O)C1C=CCN1.Cl. The van der Waals surface area contributed by atoms with Crippen molar-refractivity contribution in [1.82, 2.24) is 20.4 Å². The van der Waals surface area contributed by atoms with E-state index < -0.39 is 0 Å². The molecule has 2 rings (SSSR count). The monoisotopic (exact) mass is 300 g/mol. The average Bonchev–Trinajstić information content (AvgIpc) is 3.06. The van der Waals surface area contributed by atoms with Crippen molar-refractivity contribution in [1.29, 1.82) is 0 Å². The van der Waals surface area contributed by atoms with E-state index in [4.69, 9.17) is 4.52 Å². The van der Waals surface area contributed by atoms with E-state index in [1.807, 2.05) is 32.9 Å². The topological polar surface area (TPSA) is 71.3 Å². The largest absolute Gasteiger partial charge is 0.337 e. The molecule has 1 unspecified atom stereocenters. The van der Waals surface area contributed by atoms with Gasteiger partial charge in [-0.05, 0) is 6.92 Å². The van der Waals surface area contributed by atoms with E-state index in [1.165, 1.54) is 0 Å². The molecule has 0 saturated heterocycles. The van der Waals surface area contributed by atoms with Crippen molar-refractivity contribution in [3.05, 3.63) is 23.9 Å². The highest BCUT2D eigenvalue weighted by Crippen LogP contribution is 2.12. The predicted octanol–water partition coefficient (Wildman–Crippen LogP) is 1.49. The number of hydrogen-bond donors (Lipinski definition) is 1. The van der Waals surface area contributed by atoms with Crippen molar-refractivity contribution >= 4 is 18.3 Å². The van der Waals surface area contributed by atoms with Gasteiger partial charge in [-0.25, -0.2) is 0 Å². The van der Waals surface area contributed by atoms with E-state index in [2.05, 4.69) is 15.5 Å². The minimum absolute atomic E-state index is 0. The molecular weight excluding hydrogens is 280 g/mol. The molecular formula is C13H21ClN4O2. The fraction of sp³-hybridized carbons (Fsp3) is 0.615. The van der Waals surface area contributed by atoms with Crippen LogP contribution in [0.25, 0.3) is 0 Å². The number of carbonyl (C=O) groups excluding carboxylic acids is 1. The first-order valence-electron chi connectivity index (χ1n) is 6.63. The molecule has 1 aromatic rings. The fourth-order valence-electron chi connectivity index (χ4n) is 1.91. The van der Waals surface area contributed by atoms with Crippen molar-refractivity contribution in [2.45, 2.75) is 39.3 Å². The van der Waals surface area contributed by atoms with Gasteiger partial charge in [0.1, 0.15) is 12.6 Å². The van der Waals surface area contributed by atoms with Gasteiger partial charge in [-0.2, -0.15) is 4.98 Å². The molecule has 0 fully saturated rings. The quantitative estimate of drug-likeness (QED) is 0.834. The van der Waals surface area contributed by atoms with Crippen molar-refractivity contribution in [2.75, 3.05) is 13.1 Å². The maximum Gasteiger partial charge on any atom is 0.246 e. The first-order valence-corrected chi connectivity index (χ1v) is 6.63. The summed E-state index contributed by atoms with van der Waals surface area (Å²) in [5.74, 6) is 1.43. The highest BCUT2D eigenvalue weighted by Gasteiger charge is 2.24. The zero-order valence-corrected chi connectivity index (χ0v) is 12.8. The van der Waals surface area contributed by atoms with Gasteiger partial charge < -0.3 is 9.42 Å². The van der Waals surface area contributed by atoms with Crippen molar-refractivity contribution in [3.63, 3.8) is 0 Å². The summed E-state index contributed by atoms with van der Waals surface area (Å²) in [6, 6.07) is -0.229. The molecule has 6 nitrogen and oxygen atoms in total. The Hall–Kier alpha value is -1.40. The number of hydrogen-bond acceptors (Lipinski definition) is 5. The summed E-state index contributed by atoms with van der Waals surface area (Å²) >= 11 is 0. The number of nitrogens with zero attached hydrogens (tertiary/aromatic N) is 3. The van der Waals surface area contributed by atoms with Gasteiger partial charge in [0.15, 0.2) is 5.82 Å². The zero-order valence-electron chi connectivity index (χ0n) is 12.0. The van der Waals surface area contributed by atoms with Crippen LogP contribution in [0.3, 0.4) is 0 Å². The molecule has 0 saturated carbocycles. The summed E-state index contributed by atoms with van der Waals surface area (Å²) in [5.41, 5.74) is 0. The Kier molecular flexibility index (Phi) is 6.16. The lowest BCUT2D eigenvalue weighted by atomic mass is 10.2. The summed E-state index contributed by atoms with van der Waals surface area (Å²) < 4.78 is 5.18. The molecule has 0 bridgehead atoms. The third-order valence-corrected chi connectivity index (χ3v) is 3.07. The maximum absolute atomic E-state index is 12.2. The van der Waals surface area contributed by atoms with Crippen LogP contribution in [0, 0.1) is 0 Å². The Bertz CT molecular complexity index is 473. The molecule has 1 N–H and O–H groups in total. The van der Waals surface area contributed by atoms with E-state index in [1.54, 1.807) is 4.90 Å². The molecule has 1 aliphatic rings. The number of aromatic nitrogens is 2. The number of halogens is 1. The lowest BCUT2D eigenvalue weighted by Crippen LogP contribution is -2.43. The second kappa shape index (κ2) is 7.40. The Morgan fingerprint density at radius 1 is 1.60 bits per heavy atom. The molecule has 0 aliphatic carbocycles. The van der Waals surface area contributed by atoms with Crippen LogP contribution < -0.4 is 5.32 Å². The molecule has 0 radical (unpaired) electrons. The average molecular weight is 301 g/mol. The van der Waals surface area contributed by atoms with Crippen molar-refractivity contribution in [3.8, 4) is 0 Å². The van der Waals surface area contributed by atoms with E-state index >= 15 is 0 Å². The zero-order chi connectivity index (χ0) is 13.8. The summed E-state index contributed by atoms with van der Waals surface area (Å²) in [6.45, 7) is 7.67. The highest BCUT2D eigenvalue weighted by atomic mass is 35.5. The van der Waals surface area contributed by atoms with Gasteiger partial charge in [-0.15, -0.1) is 12.4 Å². The lowest BCUT2D eigenvalue weighted by molar-refractivity contribution is -0.132. The lowest BCUT2D eigenvalue weighted by Gasteiger charge is -2.22. The Labute approximate surface area is 125 Å². The number of rotatable bonds is 5. The van der Waals surface area contributed by atoms with Crippen LogP contribution in [-0.2, 0) is 11.3 Å². The van der Waals surface area contributed by atoms with Crippen LogP contribution in [0.1, 0.15) is 38.4 Å². The first-order chi connectivity index (χ1) is 9.11. The molecule has 1 amide bonds. The van der Waals surface area contributed by atoms with Crippen LogP contribution in [0.2, 0.25) is 0 Å². The van der Waals surface area contributed by atoms with Gasteiger partial charge in [0.2, 0.25) is 11.8 Å². The Morgan fingerprint density at radius 2 is 2.35 bits per heavy atom. The smallest absolute Gasteiger partial charge is 0.246 e. The van der Waals surface area contributed by atoms with Gasteiger partial charge in [0.25, 0.3) is 0 Å². The van der Waals surface area contributed by atoms with Crippen LogP contribution in [-0.4, -0.2) is 40.1 Å². The second-order valence-corrected chi connectivity index (χ2v) is 4.87. The van der Waals surface area contributed by atoms with Crippen LogP contribution in [0.5, 0.6) is 0 Å². The molecule has 2 heterocycles. The second-order valence-electron chi connectivity index (χ2n) is 4.87. The van der Waals surface area contributed by atoms with Gasteiger partial charge >= 0.3 is 0 Å². The van der Waals surface area contributed by atoms with Crippen molar-refractivity contribution in [2.24, 2.45) is 0 Å². The number of carbonyl (C=O) groups is 1. The fourth-order valence-corrected chi connectivity index (χ4v) is 1.91. The Balaban J connectivity index is 0.00000200. The molecule has 7 heteroatoms. The number of nitrogens with one attached hydrogen (secondary N) is 1.